The van der Waals surface area contributed by atoms with Crippen molar-refractivity contribution in [2.24, 2.45) is 5.92 Å². The Balaban J connectivity index is 2.23. The number of anilines is 1. The molecule has 0 bridgehead atoms. The fourth-order valence-corrected chi connectivity index (χ4v) is 2.87. The molecule has 2 rings (SSSR count). The van der Waals surface area contributed by atoms with Crippen LogP contribution in [0.1, 0.15) is 38.7 Å². The highest BCUT2D eigenvalue weighted by atomic mass is 16.5. The maximum absolute atomic E-state index is 12.4. The number of nitrogens with one attached hydrogen (secondary N) is 1. The van der Waals surface area contributed by atoms with E-state index in [0.29, 0.717) is 12.5 Å². The second-order valence-electron chi connectivity index (χ2n) is 5.48. The molecule has 1 saturated carbocycles. The maximum Gasteiger partial charge on any atom is 0.332 e. The molecule has 0 aromatic heterocycles. The highest BCUT2D eigenvalue weighted by molar-refractivity contribution is 5.85. The van der Waals surface area contributed by atoms with Gasteiger partial charge in [-0.3, -0.25) is 0 Å². The van der Waals surface area contributed by atoms with Gasteiger partial charge in [-0.15, -0.1) is 0 Å². The van der Waals surface area contributed by atoms with Gasteiger partial charge in [-0.25, -0.2) is 4.79 Å². The van der Waals surface area contributed by atoms with E-state index in [-0.39, 0.29) is 5.97 Å². The smallest absolute Gasteiger partial charge is 0.332 e. The minimum Gasteiger partial charge on any atom is -0.464 e. The molecule has 0 radical (unpaired) electrons. The predicted molar refractivity (Wildman–Crippen MR) is 77.2 cm³/mol. The van der Waals surface area contributed by atoms with Crippen molar-refractivity contribution >= 4 is 11.7 Å². The van der Waals surface area contributed by atoms with Crippen molar-refractivity contribution in [3.8, 4) is 0 Å². The summed E-state index contributed by atoms with van der Waals surface area (Å²) < 4.78 is 5.29. The average molecular weight is 261 g/mol. The van der Waals surface area contributed by atoms with E-state index in [4.69, 9.17) is 4.74 Å². The van der Waals surface area contributed by atoms with E-state index < -0.39 is 5.54 Å². The first kappa shape index (κ1) is 13.9. The third-order valence-corrected chi connectivity index (χ3v) is 4.11. The van der Waals surface area contributed by atoms with Crippen molar-refractivity contribution in [2.75, 3.05) is 11.9 Å². The van der Waals surface area contributed by atoms with E-state index in [9.17, 15) is 4.79 Å². The van der Waals surface area contributed by atoms with Crippen LogP contribution in [0.5, 0.6) is 0 Å². The second kappa shape index (κ2) is 5.64. The van der Waals surface area contributed by atoms with Crippen LogP contribution in [0, 0.1) is 12.8 Å². The molecule has 0 aliphatic heterocycles. The summed E-state index contributed by atoms with van der Waals surface area (Å²) in [6.07, 6.45) is 2.98. The van der Waals surface area contributed by atoms with E-state index in [1.807, 2.05) is 19.1 Å². The Bertz CT molecular complexity index is 441. The molecule has 3 heteroatoms. The Kier molecular flexibility index (Phi) is 4.13. The Labute approximate surface area is 115 Å². The molecule has 3 nitrogen and oxygen atoms in total. The lowest BCUT2D eigenvalue weighted by molar-refractivity contribution is -0.149. The molecule has 0 heterocycles. The van der Waals surface area contributed by atoms with Crippen LogP contribution in [0.4, 0.5) is 5.69 Å². The van der Waals surface area contributed by atoms with Gasteiger partial charge >= 0.3 is 5.97 Å². The van der Waals surface area contributed by atoms with Gasteiger partial charge in [0.1, 0.15) is 5.54 Å². The number of carbonyl (C=O) groups is 1. The maximum atomic E-state index is 12.4. The van der Waals surface area contributed by atoms with E-state index in [0.717, 1.165) is 24.9 Å². The molecule has 0 spiro atoms. The van der Waals surface area contributed by atoms with E-state index in [1.165, 1.54) is 5.56 Å². The van der Waals surface area contributed by atoms with Crippen molar-refractivity contribution in [3.05, 3.63) is 29.8 Å². The summed E-state index contributed by atoms with van der Waals surface area (Å²) in [7, 11) is 0. The van der Waals surface area contributed by atoms with Gasteiger partial charge < -0.3 is 10.1 Å². The average Bonchev–Trinajstić information content (AvgIpc) is 2.75. The molecular weight excluding hydrogens is 238 g/mol. The monoisotopic (exact) mass is 261 g/mol. The summed E-state index contributed by atoms with van der Waals surface area (Å²) in [5.74, 6) is 0.188. The number of esters is 1. The van der Waals surface area contributed by atoms with Crippen molar-refractivity contribution in [1.29, 1.82) is 0 Å². The van der Waals surface area contributed by atoms with Crippen molar-refractivity contribution in [3.63, 3.8) is 0 Å². The molecule has 0 amide bonds. The van der Waals surface area contributed by atoms with Crippen LogP contribution in [0.15, 0.2) is 24.3 Å². The Hall–Kier alpha value is -1.51. The van der Waals surface area contributed by atoms with Crippen molar-refractivity contribution in [2.45, 2.75) is 45.6 Å². The van der Waals surface area contributed by atoms with Gasteiger partial charge in [-0.2, -0.15) is 0 Å². The summed E-state index contributed by atoms with van der Waals surface area (Å²) in [5.41, 5.74) is 1.66. The van der Waals surface area contributed by atoms with Crippen LogP contribution in [-0.2, 0) is 9.53 Å². The minimum absolute atomic E-state index is 0.111. The number of ether oxygens (including phenoxy) is 1. The van der Waals surface area contributed by atoms with Crippen LogP contribution in [0.25, 0.3) is 0 Å². The lowest BCUT2D eigenvalue weighted by Gasteiger charge is -2.33. The standard InChI is InChI=1S/C16H23NO2/c1-4-19-15(18)16(11-5-6-13(16)3)17-14-9-7-12(2)8-10-14/h7-10,13,17H,4-6,11H2,1-3H3. The van der Waals surface area contributed by atoms with Crippen LogP contribution in [0.3, 0.4) is 0 Å². The molecule has 19 heavy (non-hydrogen) atoms. The number of benzene rings is 1. The number of aryl methyl sites for hydroxylation is 1. The van der Waals surface area contributed by atoms with Gasteiger partial charge in [0.05, 0.1) is 6.61 Å². The van der Waals surface area contributed by atoms with Crippen LogP contribution >= 0.6 is 0 Å². The fraction of sp³-hybridized carbons (Fsp3) is 0.562. The summed E-state index contributed by atoms with van der Waals surface area (Å²) in [5, 5.41) is 3.44. The number of carbonyl (C=O) groups excluding carboxylic acids is 1. The zero-order valence-electron chi connectivity index (χ0n) is 12.0. The topological polar surface area (TPSA) is 38.3 Å². The third-order valence-electron chi connectivity index (χ3n) is 4.11. The molecule has 2 unspecified atom stereocenters. The molecule has 1 N–H and O–H groups in total. The molecule has 1 aliphatic carbocycles. The lowest BCUT2D eigenvalue weighted by Crippen LogP contribution is -2.49. The first-order valence-electron chi connectivity index (χ1n) is 7.10. The van der Waals surface area contributed by atoms with E-state index >= 15 is 0 Å². The summed E-state index contributed by atoms with van der Waals surface area (Å²) in [4.78, 5) is 12.4. The summed E-state index contributed by atoms with van der Waals surface area (Å²) in [6, 6.07) is 8.17. The Morgan fingerprint density at radius 1 is 1.42 bits per heavy atom. The second-order valence-corrected chi connectivity index (χ2v) is 5.48. The lowest BCUT2D eigenvalue weighted by atomic mass is 9.88. The van der Waals surface area contributed by atoms with Gasteiger partial charge in [-0.1, -0.05) is 31.0 Å². The van der Waals surface area contributed by atoms with Crippen LogP contribution < -0.4 is 5.32 Å². The summed E-state index contributed by atoms with van der Waals surface area (Å²) >= 11 is 0. The SMILES string of the molecule is CCOC(=O)C1(Nc2ccc(C)cc2)CCCC1C. The Morgan fingerprint density at radius 2 is 2.11 bits per heavy atom. The number of hydrogen-bond acceptors (Lipinski definition) is 3. The predicted octanol–water partition coefficient (Wildman–Crippen LogP) is 3.53. The van der Waals surface area contributed by atoms with Crippen LogP contribution in [-0.4, -0.2) is 18.1 Å². The summed E-state index contributed by atoms with van der Waals surface area (Å²) in [6.45, 7) is 6.48. The first-order chi connectivity index (χ1) is 9.08. The van der Waals surface area contributed by atoms with Gasteiger partial charge in [0.25, 0.3) is 0 Å². The van der Waals surface area contributed by atoms with E-state index in [2.05, 4.69) is 31.3 Å². The molecule has 2 atom stereocenters. The quantitative estimate of drug-likeness (QED) is 0.843. The van der Waals surface area contributed by atoms with Crippen molar-refractivity contribution < 1.29 is 9.53 Å². The molecule has 1 aromatic rings. The molecular formula is C16H23NO2. The van der Waals surface area contributed by atoms with Gasteiger partial charge in [0, 0.05) is 5.69 Å². The van der Waals surface area contributed by atoms with E-state index in [1.54, 1.807) is 0 Å². The normalized spacial score (nSPS) is 26.2. The molecule has 0 saturated heterocycles. The first-order valence-corrected chi connectivity index (χ1v) is 7.10. The van der Waals surface area contributed by atoms with Gasteiger partial charge in [0.2, 0.25) is 0 Å². The van der Waals surface area contributed by atoms with Crippen LogP contribution in [0.2, 0.25) is 0 Å². The fourth-order valence-electron chi connectivity index (χ4n) is 2.87. The van der Waals surface area contributed by atoms with Crippen molar-refractivity contribution in [1.82, 2.24) is 0 Å². The molecule has 104 valence electrons. The zero-order chi connectivity index (χ0) is 13.9. The molecule has 1 fully saturated rings. The van der Waals surface area contributed by atoms with Gasteiger partial charge in [0.15, 0.2) is 0 Å². The highest BCUT2D eigenvalue weighted by Gasteiger charge is 2.48. The number of rotatable bonds is 4. The third kappa shape index (κ3) is 2.75. The molecule has 1 aliphatic rings. The number of hydrogen-bond donors (Lipinski definition) is 1. The highest BCUT2D eigenvalue weighted by Crippen LogP contribution is 2.39. The van der Waals surface area contributed by atoms with Gasteiger partial charge in [-0.05, 0) is 44.7 Å². The largest absolute Gasteiger partial charge is 0.464 e. The molecule has 1 aromatic carbocycles. The Morgan fingerprint density at radius 3 is 2.63 bits per heavy atom. The zero-order valence-corrected chi connectivity index (χ0v) is 12.0. The minimum atomic E-state index is -0.550.